The number of anilines is 2. The zero-order chi connectivity index (χ0) is 15.4. The van der Waals surface area contributed by atoms with Crippen LogP contribution in [0.4, 0.5) is 10.8 Å². The molecule has 1 heterocycles. The molecule has 0 radical (unpaired) electrons. The number of hydrogen-bond acceptors (Lipinski definition) is 4. The summed E-state index contributed by atoms with van der Waals surface area (Å²) in [6.45, 7) is 12.6. The summed E-state index contributed by atoms with van der Waals surface area (Å²) < 4.78 is 0. The fraction of sp³-hybridized carbons (Fsp3) is 0.471. The molecule has 1 atom stereocenters. The van der Waals surface area contributed by atoms with Gasteiger partial charge in [0, 0.05) is 23.2 Å². The quantitative estimate of drug-likeness (QED) is 0.846. The molecule has 0 saturated heterocycles. The van der Waals surface area contributed by atoms with Crippen molar-refractivity contribution in [2.75, 3.05) is 18.0 Å². The SMILES string of the molecule is CCNC(C)c1sc(N(CC)c2cccc(C)c2)nc1C. The van der Waals surface area contributed by atoms with Crippen LogP contribution in [0.25, 0.3) is 0 Å². The van der Waals surface area contributed by atoms with E-state index in [0.29, 0.717) is 6.04 Å². The van der Waals surface area contributed by atoms with E-state index in [-0.39, 0.29) is 0 Å². The van der Waals surface area contributed by atoms with E-state index >= 15 is 0 Å². The second-order valence-corrected chi connectivity index (χ2v) is 6.32. The average Bonchev–Trinajstić information content (AvgIpc) is 2.82. The smallest absolute Gasteiger partial charge is 0.190 e. The van der Waals surface area contributed by atoms with Crippen molar-refractivity contribution in [3.63, 3.8) is 0 Å². The summed E-state index contributed by atoms with van der Waals surface area (Å²) in [7, 11) is 0. The van der Waals surface area contributed by atoms with Crippen LogP contribution in [0.3, 0.4) is 0 Å². The molecule has 3 nitrogen and oxygen atoms in total. The van der Waals surface area contributed by atoms with Crippen LogP contribution in [0.1, 0.15) is 42.9 Å². The molecule has 2 rings (SSSR count). The van der Waals surface area contributed by atoms with Gasteiger partial charge in [-0.15, -0.1) is 0 Å². The Kier molecular flexibility index (Phi) is 5.37. The summed E-state index contributed by atoms with van der Waals surface area (Å²) in [4.78, 5) is 8.41. The number of nitrogens with one attached hydrogen (secondary N) is 1. The molecule has 0 amide bonds. The molecule has 2 aromatic rings. The largest absolute Gasteiger partial charge is 0.318 e. The Morgan fingerprint density at radius 1 is 1.29 bits per heavy atom. The molecule has 1 unspecified atom stereocenters. The highest BCUT2D eigenvalue weighted by molar-refractivity contribution is 7.15. The lowest BCUT2D eigenvalue weighted by atomic mass is 10.2. The van der Waals surface area contributed by atoms with Crippen LogP contribution in [-0.4, -0.2) is 18.1 Å². The Labute approximate surface area is 132 Å². The number of rotatable bonds is 6. The maximum atomic E-state index is 4.80. The highest BCUT2D eigenvalue weighted by Gasteiger charge is 2.17. The van der Waals surface area contributed by atoms with Crippen LogP contribution in [0.2, 0.25) is 0 Å². The van der Waals surface area contributed by atoms with E-state index < -0.39 is 0 Å². The van der Waals surface area contributed by atoms with Gasteiger partial charge in [0.15, 0.2) is 5.13 Å². The van der Waals surface area contributed by atoms with Crippen LogP contribution in [0, 0.1) is 13.8 Å². The molecule has 0 aliphatic rings. The average molecular weight is 303 g/mol. The Balaban J connectivity index is 2.33. The molecule has 0 spiro atoms. The van der Waals surface area contributed by atoms with Crippen molar-refractivity contribution in [3.8, 4) is 0 Å². The van der Waals surface area contributed by atoms with E-state index in [4.69, 9.17) is 4.98 Å². The topological polar surface area (TPSA) is 28.2 Å². The van der Waals surface area contributed by atoms with Crippen molar-refractivity contribution in [2.45, 2.75) is 40.7 Å². The summed E-state index contributed by atoms with van der Waals surface area (Å²) in [6, 6.07) is 8.96. The van der Waals surface area contributed by atoms with Crippen molar-refractivity contribution in [1.82, 2.24) is 10.3 Å². The van der Waals surface area contributed by atoms with Gasteiger partial charge in [0.2, 0.25) is 0 Å². The minimum absolute atomic E-state index is 0.359. The second kappa shape index (κ2) is 7.05. The third kappa shape index (κ3) is 3.63. The zero-order valence-electron chi connectivity index (χ0n) is 13.6. The molecule has 0 aliphatic carbocycles. The molecule has 21 heavy (non-hydrogen) atoms. The molecule has 4 heteroatoms. The van der Waals surface area contributed by atoms with E-state index in [2.05, 4.69) is 69.1 Å². The Hall–Kier alpha value is -1.39. The lowest BCUT2D eigenvalue weighted by Gasteiger charge is -2.20. The molecule has 0 aliphatic heterocycles. The van der Waals surface area contributed by atoms with Crippen LogP contribution >= 0.6 is 11.3 Å². The predicted octanol–water partition coefficient (Wildman–Crippen LogP) is 4.59. The van der Waals surface area contributed by atoms with Crippen LogP contribution < -0.4 is 10.2 Å². The van der Waals surface area contributed by atoms with Gasteiger partial charge in [-0.3, -0.25) is 0 Å². The molecule has 1 aromatic carbocycles. The fourth-order valence-electron chi connectivity index (χ4n) is 2.53. The Morgan fingerprint density at radius 3 is 2.67 bits per heavy atom. The molecule has 0 saturated carbocycles. The summed E-state index contributed by atoms with van der Waals surface area (Å²) in [5.41, 5.74) is 3.63. The van der Waals surface area contributed by atoms with Crippen LogP contribution in [0.5, 0.6) is 0 Å². The molecular weight excluding hydrogens is 278 g/mol. The first-order valence-electron chi connectivity index (χ1n) is 7.61. The zero-order valence-corrected chi connectivity index (χ0v) is 14.4. The first-order chi connectivity index (χ1) is 10.1. The predicted molar refractivity (Wildman–Crippen MR) is 92.8 cm³/mol. The van der Waals surface area contributed by atoms with E-state index in [1.807, 2.05) is 0 Å². The Morgan fingerprint density at radius 2 is 2.05 bits per heavy atom. The monoisotopic (exact) mass is 303 g/mol. The lowest BCUT2D eigenvalue weighted by molar-refractivity contribution is 0.603. The third-order valence-electron chi connectivity index (χ3n) is 3.59. The van der Waals surface area contributed by atoms with Crippen molar-refractivity contribution in [1.29, 1.82) is 0 Å². The van der Waals surface area contributed by atoms with E-state index in [0.717, 1.165) is 23.9 Å². The van der Waals surface area contributed by atoms with Crippen molar-refractivity contribution in [3.05, 3.63) is 40.4 Å². The number of hydrogen-bond donors (Lipinski definition) is 1. The number of aryl methyl sites for hydroxylation is 2. The highest BCUT2D eigenvalue weighted by atomic mass is 32.1. The van der Waals surface area contributed by atoms with Crippen LogP contribution in [0.15, 0.2) is 24.3 Å². The van der Waals surface area contributed by atoms with Gasteiger partial charge in [-0.2, -0.15) is 0 Å². The maximum absolute atomic E-state index is 4.80. The first kappa shape index (κ1) is 16.0. The van der Waals surface area contributed by atoms with E-state index in [9.17, 15) is 0 Å². The van der Waals surface area contributed by atoms with Gasteiger partial charge in [-0.25, -0.2) is 4.98 Å². The molecule has 0 fully saturated rings. The van der Waals surface area contributed by atoms with Gasteiger partial charge in [0.25, 0.3) is 0 Å². The second-order valence-electron chi connectivity index (χ2n) is 5.31. The summed E-state index contributed by atoms with van der Waals surface area (Å²) in [5, 5.41) is 4.56. The standard InChI is InChI=1S/C17H25N3S/c1-6-18-13(4)16-14(5)19-17(21-16)20(7-2)15-10-8-9-12(3)11-15/h8-11,13,18H,6-7H2,1-5H3. The van der Waals surface area contributed by atoms with Crippen molar-refractivity contribution in [2.24, 2.45) is 0 Å². The minimum atomic E-state index is 0.359. The van der Waals surface area contributed by atoms with Gasteiger partial charge >= 0.3 is 0 Å². The first-order valence-corrected chi connectivity index (χ1v) is 8.43. The van der Waals surface area contributed by atoms with Gasteiger partial charge in [0.05, 0.1) is 5.69 Å². The lowest BCUT2D eigenvalue weighted by Crippen LogP contribution is -2.17. The van der Waals surface area contributed by atoms with Gasteiger partial charge in [0.1, 0.15) is 0 Å². The van der Waals surface area contributed by atoms with Gasteiger partial charge < -0.3 is 10.2 Å². The number of aromatic nitrogens is 1. The number of nitrogens with zero attached hydrogens (tertiary/aromatic N) is 2. The summed E-state index contributed by atoms with van der Waals surface area (Å²) >= 11 is 1.79. The van der Waals surface area contributed by atoms with Gasteiger partial charge in [-0.05, 0) is 51.9 Å². The third-order valence-corrected chi connectivity index (χ3v) is 4.95. The number of thiazole rings is 1. The number of benzene rings is 1. The summed E-state index contributed by atoms with van der Waals surface area (Å²) in [5.74, 6) is 0. The molecular formula is C17H25N3S. The fourth-order valence-corrected chi connectivity index (χ4v) is 3.71. The van der Waals surface area contributed by atoms with Crippen molar-refractivity contribution >= 4 is 22.2 Å². The van der Waals surface area contributed by atoms with E-state index in [1.54, 1.807) is 11.3 Å². The van der Waals surface area contributed by atoms with E-state index in [1.165, 1.54) is 16.1 Å². The molecule has 1 N–H and O–H groups in total. The Bertz CT molecular complexity index is 591. The molecule has 0 bridgehead atoms. The highest BCUT2D eigenvalue weighted by Crippen LogP contribution is 2.34. The molecule has 114 valence electrons. The molecule has 1 aromatic heterocycles. The van der Waals surface area contributed by atoms with Crippen LogP contribution in [-0.2, 0) is 0 Å². The van der Waals surface area contributed by atoms with Gasteiger partial charge in [-0.1, -0.05) is 30.4 Å². The van der Waals surface area contributed by atoms with Crippen molar-refractivity contribution < 1.29 is 0 Å². The normalized spacial score (nSPS) is 12.4. The maximum Gasteiger partial charge on any atom is 0.190 e. The minimum Gasteiger partial charge on any atom is -0.318 e. The summed E-state index contributed by atoms with van der Waals surface area (Å²) in [6.07, 6.45) is 0.